The molecule has 0 saturated heterocycles. The zero-order valence-electron chi connectivity index (χ0n) is 14.3. The molecular formula is C17H22FN3O3. The first kappa shape index (κ1) is 17.8. The van der Waals surface area contributed by atoms with E-state index in [1.165, 1.54) is 19.2 Å². The van der Waals surface area contributed by atoms with Gasteiger partial charge in [0.15, 0.2) is 0 Å². The number of hydrogen-bond acceptors (Lipinski definition) is 4. The van der Waals surface area contributed by atoms with E-state index in [-0.39, 0.29) is 18.6 Å². The highest BCUT2D eigenvalue weighted by Gasteiger charge is 2.20. The highest BCUT2D eigenvalue weighted by atomic mass is 19.1. The van der Waals surface area contributed by atoms with E-state index in [0.717, 1.165) is 11.3 Å². The molecule has 0 aliphatic rings. The highest BCUT2D eigenvalue weighted by Crippen LogP contribution is 2.23. The van der Waals surface area contributed by atoms with Gasteiger partial charge in [0.2, 0.25) is 0 Å². The molecule has 0 saturated carbocycles. The van der Waals surface area contributed by atoms with Crippen LogP contribution >= 0.6 is 0 Å². The smallest absolute Gasteiger partial charge is 0.315 e. The molecule has 2 rings (SSSR count). The van der Waals surface area contributed by atoms with Crippen LogP contribution in [0.1, 0.15) is 42.0 Å². The molecule has 1 atom stereocenters. The molecule has 0 aliphatic heterocycles. The topological polar surface area (TPSA) is 76.4 Å². The zero-order valence-corrected chi connectivity index (χ0v) is 14.3. The SMILES string of the molecule is CCC(NC(=O)NCc1cc(F)cc(OC)c1)c1c(C)noc1C. The van der Waals surface area contributed by atoms with Crippen LogP contribution in [-0.4, -0.2) is 18.3 Å². The summed E-state index contributed by atoms with van der Waals surface area (Å²) in [5, 5.41) is 9.52. The van der Waals surface area contributed by atoms with Crippen LogP contribution < -0.4 is 15.4 Å². The molecule has 24 heavy (non-hydrogen) atoms. The Morgan fingerprint density at radius 3 is 2.71 bits per heavy atom. The van der Waals surface area contributed by atoms with Gasteiger partial charge in [-0.1, -0.05) is 12.1 Å². The lowest BCUT2D eigenvalue weighted by atomic mass is 10.0. The van der Waals surface area contributed by atoms with E-state index in [1.54, 1.807) is 6.07 Å². The average Bonchev–Trinajstić information content (AvgIpc) is 2.89. The number of nitrogens with zero attached hydrogens (tertiary/aromatic N) is 1. The van der Waals surface area contributed by atoms with Crippen molar-refractivity contribution < 1.29 is 18.4 Å². The van der Waals surface area contributed by atoms with E-state index in [2.05, 4.69) is 15.8 Å². The quantitative estimate of drug-likeness (QED) is 0.848. The molecule has 0 spiro atoms. The number of rotatable bonds is 6. The van der Waals surface area contributed by atoms with Gasteiger partial charge in [0.1, 0.15) is 17.3 Å². The Bertz CT molecular complexity index is 696. The lowest BCUT2D eigenvalue weighted by Crippen LogP contribution is -2.37. The van der Waals surface area contributed by atoms with E-state index < -0.39 is 5.82 Å². The summed E-state index contributed by atoms with van der Waals surface area (Å²) in [5.74, 6) is 0.692. The van der Waals surface area contributed by atoms with Gasteiger partial charge in [0.05, 0.1) is 18.8 Å². The Balaban J connectivity index is 1.99. The molecule has 1 unspecified atom stereocenters. The van der Waals surface area contributed by atoms with Gasteiger partial charge >= 0.3 is 6.03 Å². The maximum Gasteiger partial charge on any atom is 0.315 e. The normalized spacial score (nSPS) is 11.9. The molecule has 0 bridgehead atoms. The van der Waals surface area contributed by atoms with Gasteiger partial charge in [-0.3, -0.25) is 0 Å². The van der Waals surface area contributed by atoms with Crippen molar-refractivity contribution in [2.45, 2.75) is 39.8 Å². The van der Waals surface area contributed by atoms with E-state index in [4.69, 9.17) is 9.26 Å². The predicted octanol–water partition coefficient (Wildman–Crippen LogP) is 3.39. The average molecular weight is 335 g/mol. The predicted molar refractivity (Wildman–Crippen MR) is 87.3 cm³/mol. The number of aryl methyl sites for hydroxylation is 2. The number of amides is 2. The molecule has 1 aromatic carbocycles. The third kappa shape index (κ3) is 4.24. The summed E-state index contributed by atoms with van der Waals surface area (Å²) in [4.78, 5) is 12.1. The molecule has 6 nitrogen and oxygen atoms in total. The van der Waals surface area contributed by atoms with Crippen LogP contribution in [0.5, 0.6) is 5.75 Å². The Kier molecular flexibility index (Phi) is 5.78. The molecule has 1 aromatic heterocycles. The molecular weight excluding hydrogens is 313 g/mol. The Labute approximate surface area is 140 Å². The number of methoxy groups -OCH3 is 1. The number of aromatic nitrogens is 1. The number of halogens is 1. The maximum atomic E-state index is 13.5. The van der Waals surface area contributed by atoms with Crippen molar-refractivity contribution in [3.8, 4) is 5.75 Å². The molecule has 2 N–H and O–H groups in total. The van der Waals surface area contributed by atoms with E-state index in [1.807, 2.05) is 20.8 Å². The summed E-state index contributed by atoms with van der Waals surface area (Å²) in [6, 6.07) is 3.78. The summed E-state index contributed by atoms with van der Waals surface area (Å²) in [5.41, 5.74) is 2.27. The third-order valence-corrected chi connectivity index (χ3v) is 3.77. The van der Waals surface area contributed by atoms with Crippen LogP contribution in [0, 0.1) is 19.7 Å². The zero-order chi connectivity index (χ0) is 17.7. The second-order valence-electron chi connectivity index (χ2n) is 5.53. The van der Waals surface area contributed by atoms with Gasteiger partial charge in [0.25, 0.3) is 0 Å². The lowest BCUT2D eigenvalue weighted by Gasteiger charge is -2.17. The van der Waals surface area contributed by atoms with Crippen LogP contribution in [0.3, 0.4) is 0 Å². The van der Waals surface area contributed by atoms with Crippen molar-refractivity contribution in [3.63, 3.8) is 0 Å². The van der Waals surface area contributed by atoms with Crippen LogP contribution in [-0.2, 0) is 6.54 Å². The lowest BCUT2D eigenvalue weighted by molar-refractivity contribution is 0.236. The number of hydrogen-bond donors (Lipinski definition) is 2. The number of nitrogens with one attached hydrogen (secondary N) is 2. The second kappa shape index (κ2) is 7.81. The van der Waals surface area contributed by atoms with Crippen molar-refractivity contribution in [3.05, 3.63) is 46.6 Å². The molecule has 0 fully saturated rings. The minimum Gasteiger partial charge on any atom is -0.497 e. The van der Waals surface area contributed by atoms with E-state index in [9.17, 15) is 9.18 Å². The molecule has 1 heterocycles. The number of carbonyl (C=O) groups is 1. The standard InChI is InChI=1S/C17H22FN3O3/c1-5-15(16-10(2)21-24-11(16)3)20-17(22)19-9-12-6-13(18)8-14(7-12)23-4/h6-8,15H,5,9H2,1-4H3,(H2,19,20,22). The molecule has 130 valence electrons. The summed E-state index contributed by atoms with van der Waals surface area (Å²) >= 11 is 0. The van der Waals surface area contributed by atoms with Crippen molar-refractivity contribution in [1.82, 2.24) is 15.8 Å². The molecule has 0 radical (unpaired) electrons. The highest BCUT2D eigenvalue weighted by molar-refractivity contribution is 5.74. The van der Waals surface area contributed by atoms with Gasteiger partial charge in [-0.25, -0.2) is 9.18 Å². The third-order valence-electron chi connectivity index (χ3n) is 3.77. The number of carbonyl (C=O) groups excluding carboxylic acids is 1. The van der Waals surface area contributed by atoms with E-state index in [0.29, 0.717) is 23.5 Å². The Hall–Kier alpha value is -2.57. The van der Waals surface area contributed by atoms with Gasteiger partial charge in [0, 0.05) is 18.2 Å². The summed E-state index contributed by atoms with van der Waals surface area (Å²) in [6.07, 6.45) is 0.699. The monoisotopic (exact) mass is 335 g/mol. The summed E-state index contributed by atoms with van der Waals surface area (Å²) < 4.78 is 23.6. The van der Waals surface area contributed by atoms with Crippen molar-refractivity contribution >= 4 is 6.03 Å². The van der Waals surface area contributed by atoms with Crippen molar-refractivity contribution in [2.75, 3.05) is 7.11 Å². The first-order valence-electron chi connectivity index (χ1n) is 7.75. The maximum absolute atomic E-state index is 13.5. The fourth-order valence-electron chi connectivity index (χ4n) is 2.60. The molecule has 2 amide bonds. The molecule has 7 heteroatoms. The largest absolute Gasteiger partial charge is 0.497 e. The first-order valence-corrected chi connectivity index (χ1v) is 7.75. The fraction of sp³-hybridized carbons (Fsp3) is 0.412. The van der Waals surface area contributed by atoms with Gasteiger partial charge in [-0.2, -0.15) is 0 Å². The Morgan fingerprint density at radius 2 is 2.12 bits per heavy atom. The Morgan fingerprint density at radius 1 is 1.38 bits per heavy atom. The van der Waals surface area contributed by atoms with Crippen LogP contribution in [0.25, 0.3) is 0 Å². The fourth-order valence-corrected chi connectivity index (χ4v) is 2.60. The van der Waals surface area contributed by atoms with Gasteiger partial charge in [-0.15, -0.1) is 0 Å². The van der Waals surface area contributed by atoms with Gasteiger partial charge in [-0.05, 0) is 38.0 Å². The minimum absolute atomic E-state index is 0.192. The van der Waals surface area contributed by atoms with Crippen molar-refractivity contribution in [2.24, 2.45) is 0 Å². The van der Waals surface area contributed by atoms with Crippen LogP contribution in [0.4, 0.5) is 9.18 Å². The summed E-state index contributed by atoms with van der Waals surface area (Å²) in [6.45, 7) is 5.82. The van der Waals surface area contributed by atoms with E-state index >= 15 is 0 Å². The van der Waals surface area contributed by atoms with Gasteiger partial charge < -0.3 is 19.9 Å². The number of benzene rings is 1. The molecule has 0 aliphatic carbocycles. The van der Waals surface area contributed by atoms with Crippen LogP contribution in [0.15, 0.2) is 22.7 Å². The second-order valence-corrected chi connectivity index (χ2v) is 5.53. The first-order chi connectivity index (χ1) is 11.4. The summed E-state index contributed by atoms with van der Waals surface area (Å²) in [7, 11) is 1.47. The van der Waals surface area contributed by atoms with Crippen molar-refractivity contribution in [1.29, 1.82) is 0 Å². The minimum atomic E-state index is -0.409. The van der Waals surface area contributed by atoms with Crippen LogP contribution in [0.2, 0.25) is 0 Å². The number of urea groups is 1. The molecule has 2 aromatic rings. The number of ether oxygens (including phenoxy) is 1.